The van der Waals surface area contributed by atoms with Crippen LogP contribution < -0.4 is 0 Å². The Morgan fingerprint density at radius 3 is 2.18 bits per heavy atom. The zero-order valence-electron chi connectivity index (χ0n) is 8.01. The molecule has 1 aromatic carbocycles. The molecule has 1 aromatic rings. The van der Waals surface area contributed by atoms with Crippen molar-refractivity contribution in [2.24, 2.45) is 0 Å². The first-order valence-corrected chi connectivity index (χ1v) is 5.97. The van der Waals surface area contributed by atoms with Crippen LogP contribution in [0.4, 0.5) is 8.78 Å². The Kier molecular flexibility index (Phi) is 3.88. The highest BCUT2D eigenvalue weighted by molar-refractivity contribution is 7.46. The van der Waals surface area contributed by atoms with E-state index >= 15 is 0 Å². The summed E-state index contributed by atoms with van der Waals surface area (Å²) in [6.45, 7) is 0. The Labute approximate surface area is 99.2 Å². The lowest BCUT2D eigenvalue weighted by Crippen LogP contribution is -2.27. The summed E-state index contributed by atoms with van der Waals surface area (Å²) in [7, 11) is -5.30. The Morgan fingerprint density at radius 1 is 1.29 bits per heavy atom. The molecule has 0 bridgehead atoms. The standard InChI is InChI=1S/C8H6ClF2O5P/c9-6-3-1-5(2-4-6)8(10,11)7(12)16-17(13,14)15/h1-4H,(H2,13,14,15). The van der Waals surface area contributed by atoms with E-state index in [1.165, 1.54) is 0 Å². The van der Waals surface area contributed by atoms with Gasteiger partial charge in [-0.3, -0.25) is 9.79 Å². The van der Waals surface area contributed by atoms with Crippen molar-refractivity contribution in [1.82, 2.24) is 0 Å². The predicted molar refractivity (Wildman–Crippen MR) is 53.5 cm³/mol. The first kappa shape index (κ1) is 14.1. The molecule has 0 amide bonds. The summed E-state index contributed by atoms with van der Waals surface area (Å²) in [5, 5.41) is 0.174. The Bertz CT molecular complexity index is 469. The Balaban J connectivity index is 2.98. The lowest BCUT2D eigenvalue weighted by Gasteiger charge is -2.15. The third kappa shape index (κ3) is 3.74. The van der Waals surface area contributed by atoms with Gasteiger partial charge in [-0.2, -0.15) is 8.78 Å². The summed E-state index contributed by atoms with van der Waals surface area (Å²) in [4.78, 5) is 27.4. The summed E-state index contributed by atoms with van der Waals surface area (Å²) in [6, 6.07) is 3.91. The highest BCUT2D eigenvalue weighted by Gasteiger charge is 2.45. The van der Waals surface area contributed by atoms with E-state index in [2.05, 4.69) is 4.52 Å². The molecule has 0 atom stereocenters. The maximum atomic E-state index is 13.4. The molecule has 94 valence electrons. The summed E-state index contributed by atoms with van der Waals surface area (Å²) in [5.41, 5.74) is -0.777. The van der Waals surface area contributed by atoms with Crippen LogP contribution in [0.15, 0.2) is 24.3 Å². The maximum Gasteiger partial charge on any atom is 0.527 e. The lowest BCUT2D eigenvalue weighted by atomic mass is 10.1. The average molecular weight is 287 g/mol. The van der Waals surface area contributed by atoms with Gasteiger partial charge < -0.3 is 4.52 Å². The normalized spacial score (nSPS) is 12.3. The number of carbonyl (C=O) groups excluding carboxylic acids is 1. The first-order valence-electron chi connectivity index (χ1n) is 4.06. The second-order valence-corrected chi connectivity index (χ2v) is 4.55. The van der Waals surface area contributed by atoms with Gasteiger partial charge in [0.15, 0.2) is 0 Å². The van der Waals surface area contributed by atoms with Gasteiger partial charge in [-0.15, -0.1) is 0 Å². The largest absolute Gasteiger partial charge is 0.527 e. The number of hydrogen-bond donors (Lipinski definition) is 2. The van der Waals surface area contributed by atoms with Crippen LogP contribution in [0, 0.1) is 0 Å². The van der Waals surface area contributed by atoms with Crippen LogP contribution in [0.1, 0.15) is 5.56 Å². The number of phosphoric acid groups is 1. The maximum absolute atomic E-state index is 13.4. The number of carbonyl (C=O) groups is 1. The number of rotatable bonds is 3. The highest BCUT2D eigenvalue weighted by Crippen LogP contribution is 2.41. The number of hydrogen-bond acceptors (Lipinski definition) is 3. The van der Waals surface area contributed by atoms with Crippen LogP contribution in [-0.4, -0.2) is 15.8 Å². The summed E-state index contributed by atoms with van der Waals surface area (Å²) in [5.74, 6) is -6.49. The van der Waals surface area contributed by atoms with E-state index in [1.807, 2.05) is 0 Å². The van der Waals surface area contributed by atoms with Crippen molar-refractivity contribution in [3.8, 4) is 0 Å². The molecule has 1 rings (SSSR count). The summed E-state index contributed by atoms with van der Waals surface area (Å²) < 4.78 is 40.3. The number of phosphoric ester groups is 1. The van der Waals surface area contributed by atoms with E-state index in [4.69, 9.17) is 21.4 Å². The molecule has 0 aliphatic rings. The fraction of sp³-hybridized carbons (Fsp3) is 0.125. The van der Waals surface area contributed by atoms with E-state index in [0.29, 0.717) is 0 Å². The minimum absolute atomic E-state index is 0.174. The van der Waals surface area contributed by atoms with E-state index in [0.717, 1.165) is 24.3 Å². The van der Waals surface area contributed by atoms with Crippen molar-refractivity contribution in [3.05, 3.63) is 34.9 Å². The monoisotopic (exact) mass is 286 g/mol. The minimum atomic E-state index is -5.30. The smallest absolute Gasteiger partial charge is 0.366 e. The van der Waals surface area contributed by atoms with E-state index in [1.54, 1.807) is 0 Å². The van der Waals surface area contributed by atoms with Crippen molar-refractivity contribution in [3.63, 3.8) is 0 Å². The van der Waals surface area contributed by atoms with Gasteiger partial charge in [-0.05, 0) is 12.1 Å². The van der Waals surface area contributed by atoms with Gasteiger partial charge in [0.1, 0.15) is 0 Å². The SMILES string of the molecule is O=C(OP(=O)(O)O)C(F)(F)c1ccc(Cl)cc1. The van der Waals surface area contributed by atoms with Crippen molar-refractivity contribution >= 4 is 25.4 Å². The minimum Gasteiger partial charge on any atom is -0.366 e. The molecule has 9 heteroatoms. The molecule has 2 N–H and O–H groups in total. The molecule has 0 fully saturated rings. The molecular weight excluding hydrogens is 281 g/mol. The van der Waals surface area contributed by atoms with Gasteiger partial charge in [0.2, 0.25) is 0 Å². The van der Waals surface area contributed by atoms with Crippen molar-refractivity contribution in [1.29, 1.82) is 0 Å². The van der Waals surface area contributed by atoms with Crippen LogP contribution in [-0.2, 0) is 19.8 Å². The molecule has 5 nitrogen and oxygen atoms in total. The molecular formula is C8H6ClF2O5P. The number of halogens is 3. The molecule has 0 heterocycles. The second-order valence-electron chi connectivity index (χ2n) is 2.95. The summed E-state index contributed by atoms with van der Waals surface area (Å²) >= 11 is 5.46. The van der Waals surface area contributed by atoms with Crippen LogP contribution >= 0.6 is 19.4 Å². The molecule has 0 spiro atoms. The fourth-order valence-electron chi connectivity index (χ4n) is 0.942. The molecule has 17 heavy (non-hydrogen) atoms. The third-order valence-electron chi connectivity index (χ3n) is 1.66. The van der Waals surface area contributed by atoms with Gasteiger partial charge in [-0.25, -0.2) is 9.36 Å². The topological polar surface area (TPSA) is 83.8 Å². The van der Waals surface area contributed by atoms with Crippen molar-refractivity contribution < 1.29 is 32.5 Å². The lowest BCUT2D eigenvalue weighted by molar-refractivity contribution is -0.164. The molecule has 0 saturated heterocycles. The molecule has 0 aromatic heterocycles. The van der Waals surface area contributed by atoms with E-state index in [9.17, 15) is 18.1 Å². The summed E-state index contributed by atoms with van der Waals surface area (Å²) in [6.07, 6.45) is 0. The quantitative estimate of drug-likeness (QED) is 0.831. The van der Waals surface area contributed by atoms with E-state index < -0.39 is 25.3 Å². The van der Waals surface area contributed by atoms with E-state index in [-0.39, 0.29) is 5.02 Å². The molecule has 0 unspecified atom stereocenters. The average Bonchev–Trinajstić information content (AvgIpc) is 2.15. The second kappa shape index (κ2) is 4.70. The Morgan fingerprint density at radius 2 is 1.76 bits per heavy atom. The number of alkyl halides is 2. The van der Waals surface area contributed by atoms with Gasteiger partial charge in [0.05, 0.1) is 0 Å². The van der Waals surface area contributed by atoms with Gasteiger partial charge in [0.25, 0.3) is 0 Å². The fourth-order valence-corrected chi connectivity index (χ4v) is 1.40. The Hall–Kier alpha value is -1.01. The molecule has 0 aliphatic carbocycles. The first-order chi connectivity index (χ1) is 7.63. The van der Waals surface area contributed by atoms with Crippen LogP contribution in [0.2, 0.25) is 5.02 Å². The third-order valence-corrected chi connectivity index (χ3v) is 2.32. The van der Waals surface area contributed by atoms with Crippen molar-refractivity contribution in [2.45, 2.75) is 5.92 Å². The van der Waals surface area contributed by atoms with Crippen molar-refractivity contribution in [2.75, 3.05) is 0 Å². The van der Waals surface area contributed by atoms with Crippen LogP contribution in [0.5, 0.6) is 0 Å². The highest BCUT2D eigenvalue weighted by atomic mass is 35.5. The molecule has 0 radical (unpaired) electrons. The zero-order valence-corrected chi connectivity index (χ0v) is 9.66. The molecule has 0 saturated carbocycles. The van der Waals surface area contributed by atoms with Crippen LogP contribution in [0.25, 0.3) is 0 Å². The van der Waals surface area contributed by atoms with Gasteiger partial charge in [0, 0.05) is 10.6 Å². The molecule has 0 aliphatic heterocycles. The van der Waals surface area contributed by atoms with Gasteiger partial charge in [-0.1, -0.05) is 23.7 Å². The van der Waals surface area contributed by atoms with Gasteiger partial charge >= 0.3 is 19.7 Å². The number of benzene rings is 1. The zero-order chi connectivity index (χ0) is 13.3. The van der Waals surface area contributed by atoms with Crippen LogP contribution in [0.3, 0.4) is 0 Å². The predicted octanol–water partition coefficient (Wildman–Crippen LogP) is 2.07.